The van der Waals surface area contributed by atoms with Crippen LogP contribution in [0.1, 0.15) is 73.8 Å². The van der Waals surface area contributed by atoms with E-state index in [1.807, 2.05) is 45.0 Å². The van der Waals surface area contributed by atoms with Crippen LogP contribution in [0, 0.1) is 0 Å². The monoisotopic (exact) mass is 554 g/mol. The standard InChI is InChI=1S/C29H34N2O7S/c1-29(2,3)38-27(32)8-6-4-5-7-21-9-13-24(14-10-21)37-19-22-11-15-25(16-12-22)39(35,36)20-26-30-17-23(18-31-26)28(33)34/h9-18H,4-8,19-20H2,1-3H3,(H,33,34). The average Bonchev–Trinajstić information content (AvgIpc) is 2.87. The maximum Gasteiger partial charge on any atom is 0.338 e. The molecule has 0 aliphatic carbocycles. The highest BCUT2D eigenvalue weighted by atomic mass is 32.2. The summed E-state index contributed by atoms with van der Waals surface area (Å²) in [5.41, 5.74) is 1.45. The number of hydrogen-bond donors (Lipinski definition) is 1. The summed E-state index contributed by atoms with van der Waals surface area (Å²) in [6.45, 7) is 5.89. The number of carbonyl (C=O) groups excluding carboxylic acids is 1. The number of aromatic carboxylic acids is 1. The number of carboxylic acid groups (broad SMARTS) is 1. The van der Waals surface area contributed by atoms with Gasteiger partial charge in [-0.3, -0.25) is 4.79 Å². The van der Waals surface area contributed by atoms with Crippen LogP contribution in [-0.2, 0) is 38.1 Å². The lowest BCUT2D eigenvalue weighted by molar-refractivity contribution is -0.154. The zero-order valence-corrected chi connectivity index (χ0v) is 23.2. The lowest BCUT2D eigenvalue weighted by Gasteiger charge is -2.19. The number of ether oxygens (including phenoxy) is 2. The lowest BCUT2D eigenvalue weighted by atomic mass is 10.1. The Morgan fingerprint density at radius 3 is 2.08 bits per heavy atom. The Bertz CT molecular complexity index is 1350. The number of esters is 1. The molecule has 0 saturated carbocycles. The Labute approximate surface area is 229 Å². The van der Waals surface area contributed by atoms with Gasteiger partial charge in [-0.2, -0.15) is 0 Å². The van der Waals surface area contributed by atoms with Crippen molar-refractivity contribution in [3.05, 3.63) is 83.4 Å². The van der Waals surface area contributed by atoms with Crippen molar-refractivity contribution < 1.29 is 32.6 Å². The maximum atomic E-state index is 12.7. The van der Waals surface area contributed by atoms with E-state index >= 15 is 0 Å². The summed E-state index contributed by atoms with van der Waals surface area (Å²) in [4.78, 5) is 30.4. The molecule has 0 fully saturated rings. The molecule has 3 rings (SSSR count). The highest BCUT2D eigenvalue weighted by molar-refractivity contribution is 7.90. The summed E-state index contributed by atoms with van der Waals surface area (Å²) in [7, 11) is -3.69. The third kappa shape index (κ3) is 10.1. The van der Waals surface area contributed by atoms with Gasteiger partial charge in [-0.25, -0.2) is 23.2 Å². The minimum absolute atomic E-state index is 0.0247. The molecule has 0 aliphatic rings. The van der Waals surface area contributed by atoms with Gasteiger partial charge in [0.2, 0.25) is 0 Å². The van der Waals surface area contributed by atoms with Gasteiger partial charge in [0.15, 0.2) is 9.84 Å². The number of rotatable bonds is 13. The Morgan fingerprint density at radius 2 is 1.49 bits per heavy atom. The molecule has 2 aromatic carbocycles. The van der Waals surface area contributed by atoms with E-state index in [4.69, 9.17) is 14.6 Å². The molecular formula is C29H34N2O7S. The number of sulfone groups is 1. The van der Waals surface area contributed by atoms with Gasteiger partial charge in [0.05, 0.1) is 10.5 Å². The van der Waals surface area contributed by atoms with E-state index in [-0.39, 0.29) is 28.9 Å². The van der Waals surface area contributed by atoms with Crippen molar-refractivity contribution in [3.63, 3.8) is 0 Å². The van der Waals surface area contributed by atoms with Crippen LogP contribution in [0.5, 0.6) is 5.75 Å². The van der Waals surface area contributed by atoms with Crippen LogP contribution >= 0.6 is 0 Å². The first-order valence-corrected chi connectivity index (χ1v) is 14.4. The van der Waals surface area contributed by atoms with Crippen molar-refractivity contribution in [2.75, 3.05) is 0 Å². The molecule has 0 spiro atoms. The quantitative estimate of drug-likeness (QED) is 0.224. The van der Waals surface area contributed by atoms with Gasteiger partial charge in [0, 0.05) is 18.8 Å². The van der Waals surface area contributed by atoms with Crippen molar-refractivity contribution in [1.82, 2.24) is 9.97 Å². The summed E-state index contributed by atoms with van der Waals surface area (Å²) >= 11 is 0. The maximum absolute atomic E-state index is 12.7. The predicted octanol–water partition coefficient (Wildman–Crippen LogP) is 5.17. The van der Waals surface area contributed by atoms with E-state index in [1.165, 1.54) is 17.7 Å². The molecule has 0 amide bonds. The third-order valence-corrected chi connectivity index (χ3v) is 7.28. The molecule has 9 nitrogen and oxygen atoms in total. The van der Waals surface area contributed by atoms with Gasteiger partial charge >= 0.3 is 11.9 Å². The van der Waals surface area contributed by atoms with Crippen LogP contribution in [0.15, 0.2) is 65.8 Å². The fourth-order valence-corrected chi connectivity index (χ4v) is 4.88. The smallest absolute Gasteiger partial charge is 0.338 e. The molecule has 39 heavy (non-hydrogen) atoms. The lowest BCUT2D eigenvalue weighted by Crippen LogP contribution is -2.23. The molecule has 1 heterocycles. The number of benzene rings is 2. The van der Waals surface area contributed by atoms with E-state index in [9.17, 15) is 18.0 Å². The summed E-state index contributed by atoms with van der Waals surface area (Å²) < 4.78 is 36.5. The number of unbranched alkanes of at least 4 members (excludes halogenated alkanes) is 2. The van der Waals surface area contributed by atoms with Gasteiger partial charge < -0.3 is 14.6 Å². The van der Waals surface area contributed by atoms with Crippen LogP contribution in [0.3, 0.4) is 0 Å². The molecule has 0 atom stereocenters. The SMILES string of the molecule is CC(C)(C)OC(=O)CCCCCc1ccc(OCc2ccc(S(=O)(=O)Cc3ncc(C(=O)O)cn3)cc2)cc1. The molecule has 3 aromatic rings. The molecule has 1 aromatic heterocycles. The zero-order valence-electron chi connectivity index (χ0n) is 22.4. The summed E-state index contributed by atoms with van der Waals surface area (Å²) in [6.07, 6.45) is 6.27. The molecular weight excluding hydrogens is 520 g/mol. The number of carbonyl (C=O) groups is 2. The average molecular weight is 555 g/mol. The number of hydrogen-bond acceptors (Lipinski definition) is 8. The summed E-state index contributed by atoms with van der Waals surface area (Å²) in [5, 5.41) is 8.91. The van der Waals surface area contributed by atoms with Crippen molar-refractivity contribution >= 4 is 21.8 Å². The van der Waals surface area contributed by atoms with Crippen LogP contribution in [0.2, 0.25) is 0 Å². The highest BCUT2D eigenvalue weighted by Gasteiger charge is 2.18. The second kappa shape index (κ2) is 13.3. The van der Waals surface area contributed by atoms with Gasteiger partial charge in [-0.1, -0.05) is 30.7 Å². The Balaban J connectivity index is 1.42. The molecule has 208 valence electrons. The number of carboxylic acids is 1. The van der Waals surface area contributed by atoms with E-state index in [0.29, 0.717) is 12.2 Å². The molecule has 0 aliphatic heterocycles. The predicted molar refractivity (Wildman–Crippen MR) is 145 cm³/mol. The molecule has 0 bridgehead atoms. The molecule has 1 N–H and O–H groups in total. The highest BCUT2D eigenvalue weighted by Crippen LogP contribution is 2.19. The fourth-order valence-electron chi connectivity index (χ4n) is 3.67. The largest absolute Gasteiger partial charge is 0.489 e. The van der Waals surface area contributed by atoms with Crippen LogP contribution in [-0.4, -0.2) is 41.0 Å². The van der Waals surface area contributed by atoms with Crippen molar-refractivity contribution in [3.8, 4) is 5.75 Å². The molecule has 10 heteroatoms. The third-order valence-electron chi connectivity index (χ3n) is 5.65. The van der Waals surface area contributed by atoms with Crippen molar-refractivity contribution in [2.45, 2.75) is 75.7 Å². The Kier molecular flexibility index (Phi) is 10.2. The second-order valence-electron chi connectivity index (χ2n) is 10.2. The number of aryl methyl sites for hydroxylation is 1. The summed E-state index contributed by atoms with van der Waals surface area (Å²) in [6, 6.07) is 14.2. The van der Waals surface area contributed by atoms with E-state index < -0.39 is 27.2 Å². The zero-order chi connectivity index (χ0) is 28.5. The molecule has 0 unspecified atom stereocenters. The number of nitrogens with zero attached hydrogens (tertiary/aromatic N) is 2. The van der Waals surface area contributed by atoms with Crippen LogP contribution < -0.4 is 4.74 Å². The van der Waals surface area contributed by atoms with Gasteiger partial charge in [-0.15, -0.1) is 0 Å². The first kappa shape index (κ1) is 29.8. The van der Waals surface area contributed by atoms with Crippen LogP contribution in [0.25, 0.3) is 0 Å². The van der Waals surface area contributed by atoms with Gasteiger partial charge in [-0.05, 0) is 75.4 Å². The number of aromatic nitrogens is 2. The van der Waals surface area contributed by atoms with Crippen LogP contribution in [0.4, 0.5) is 0 Å². The van der Waals surface area contributed by atoms with Gasteiger partial charge in [0.1, 0.15) is 29.5 Å². The van der Waals surface area contributed by atoms with Gasteiger partial charge in [0.25, 0.3) is 0 Å². The Hall–Kier alpha value is -3.79. The molecule has 0 radical (unpaired) electrons. The minimum Gasteiger partial charge on any atom is -0.489 e. The first-order valence-electron chi connectivity index (χ1n) is 12.7. The minimum atomic E-state index is -3.69. The topological polar surface area (TPSA) is 133 Å². The van der Waals surface area contributed by atoms with E-state index in [0.717, 1.165) is 43.6 Å². The fraction of sp³-hybridized carbons (Fsp3) is 0.379. The van der Waals surface area contributed by atoms with E-state index in [2.05, 4.69) is 9.97 Å². The summed E-state index contributed by atoms with van der Waals surface area (Å²) in [5.74, 6) is -1.03. The first-order chi connectivity index (χ1) is 18.4. The van der Waals surface area contributed by atoms with E-state index in [1.54, 1.807) is 12.1 Å². The molecule has 0 saturated heterocycles. The van der Waals surface area contributed by atoms with Crippen molar-refractivity contribution in [2.24, 2.45) is 0 Å². The Morgan fingerprint density at radius 1 is 0.872 bits per heavy atom. The second-order valence-corrected chi connectivity index (χ2v) is 12.2. The normalized spacial score (nSPS) is 11.7. The van der Waals surface area contributed by atoms with Crippen molar-refractivity contribution in [1.29, 1.82) is 0 Å².